The summed E-state index contributed by atoms with van der Waals surface area (Å²) < 4.78 is 8.50. The fourth-order valence-electron chi connectivity index (χ4n) is 2.83. The average molecular weight is 460 g/mol. The smallest absolute Gasteiger partial charge is 0.0720 e. The Morgan fingerprint density at radius 2 is 1.16 bits per heavy atom. The van der Waals surface area contributed by atoms with Crippen molar-refractivity contribution in [2.24, 2.45) is 0 Å². The van der Waals surface area contributed by atoms with Crippen molar-refractivity contribution >= 4 is 31.9 Å². The number of ether oxygens (including phenoxy) is 1. The Balaban J connectivity index is 1.72. The second-order valence-electron chi connectivity index (χ2n) is 6.09. The molecule has 0 saturated carbocycles. The molecular weight excluding hydrogens is 440 g/mol. The summed E-state index contributed by atoms with van der Waals surface area (Å²) >= 11 is 7.11. The molecule has 0 aromatic heterocycles. The van der Waals surface area contributed by atoms with Crippen LogP contribution < -0.4 is 0 Å². The fraction of sp³-hybridized carbons (Fsp3) is 0.182. The van der Waals surface area contributed by atoms with Crippen molar-refractivity contribution in [3.05, 3.63) is 104 Å². The van der Waals surface area contributed by atoms with Crippen LogP contribution in [0.4, 0.5) is 0 Å². The standard InChI is InChI=1S/C22H20Br2O/c23-20-10-4-8-18(12-20)14-22(15-19-9-5-11-21(24)13-19)25-16-17-6-2-1-3-7-17/h1-13,22H,14-16H2. The van der Waals surface area contributed by atoms with Crippen LogP contribution in [-0.2, 0) is 24.2 Å². The van der Waals surface area contributed by atoms with Gasteiger partial charge in [0, 0.05) is 8.95 Å². The zero-order valence-electron chi connectivity index (χ0n) is 13.9. The van der Waals surface area contributed by atoms with Crippen molar-refractivity contribution in [2.45, 2.75) is 25.6 Å². The molecule has 0 radical (unpaired) electrons. The van der Waals surface area contributed by atoms with Gasteiger partial charge in [-0.2, -0.15) is 0 Å². The van der Waals surface area contributed by atoms with Gasteiger partial charge in [-0.15, -0.1) is 0 Å². The van der Waals surface area contributed by atoms with E-state index in [9.17, 15) is 0 Å². The summed E-state index contributed by atoms with van der Waals surface area (Å²) in [5.41, 5.74) is 3.76. The summed E-state index contributed by atoms with van der Waals surface area (Å²) in [4.78, 5) is 0. The molecule has 1 nitrogen and oxygen atoms in total. The Bertz CT molecular complexity index is 754. The highest BCUT2D eigenvalue weighted by molar-refractivity contribution is 9.10. The molecule has 0 bridgehead atoms. The van der Waals surface area contributed by atoms with Crippen LogP contribution in [0.25, 0.3) is 0 Å². The third kappa shape index (κ3) is 6.10. The van der Waals surface area contributed by atoms with Crippen molar-refractivity contribution in [2.75, 3.05) is 0 Å². The molecule has 3 aromatic rings. The van der Waals surface area contributed by atoms with E-state index in [1.165, 1.54) is 16.7 Å². The molecule has 0 aliphatic heterocycles. The van der Waals surface area contributed by atoms with Crippen LogP contribution in [0.3, 0.4) is 0 Å². The minimum absolute atomic E-state index is 0.129. The number of benzene rings is 3. The summed E-state index contributed by atoms with van der Waals surface area (Å²) in [6.45, 7) is 0.632. The molecule has 3 aromatic carbocycles. The maximum atomic E-state index is 6.29. The van der Waals surface area contributed by atoms with Crippen LogP contribution in [0.1, 0.15) is 16.7 Å². The van der Waals surface area contributed by atoms with Gasteiger partial charge in [0.25, 0.3) is 0 Å². The Kier molecular flexibility index (Phi) is 6.85. The molecule has 128 valence electrons. The third-order valence-electron chi connectivity index (χ3n) is 4.03. The van der Waals surface area contributed by atoms with Crippen LogP contribution in [0, 0.1) is 0 Å². The third-order valence-corrected chi connectivity index (χ3v) is 5.02. The van der Waals surface area contributed by atoms with Crippen LogP contribution >= 0.6 is 31.9 Å². The summed E-state index contributed by atoms with van der Waals surface area (Å²) in [7, 11) is 0. The minimum Gasteiger partial charge on any atom is -0.373 e. The molecule has 3 heteroatoms. The quantitative estimate of drug-likeness (QED) is 0.387. The van der Waals surface area contributed by atoms with Crippen molar-refractivity contribution in [1.29, 1.82) is 0 Å². The first-order valence-corrected chi connectivity index (χ1v) is 9.92. The number of hydrogen-bond donors (Lipinski definition) is 0. The SMILES string of the molecule is Brc1cccc(CC(Cc2cccc(Br)c2)OCc2ccccc2)c1. The van der Waals surface area contributed by atoms with E-state index in [4.69, 9.17) is 4.74 Å². The molecule has 0 amide bonds. The number of rotatable bonds is 7. The predicted molar refractivity (Wildman–Crippen MR) is 111 cm³/mol. The second kappa shape index (κ2) is 9.33. The van der Waals surface area contributed by atoms with Crippen molar-refractivity contribution < 1.29 is 4.74 Å². The molecule has 0 fully saturated rings. The van der Waals surface area contributed by atoms with Crippen LogP contribution in [0.5, 0.6) is 0 Å². The van der Waals surface area contributed by atoms with Crippen molar-refractivity contribution in [3.63, 3.8) is 0 Å². The molecular formula is C22H20Br2O. The number of halogens is 2. The van der Waals surface area contributed by atoms with Gasteiger partial charge < -0.3 is 4.74 Å². The molecule has 0 spiro atoms. The van der Waals surface area contributed by atoms with Crippen LogP contribution in [0.2, 0.25) is 0 Å². The lowest BCUT2D eigenvalue weighted by molar-refractivity contribution is 0.0412. The first-order chi connectivity index (χ1) is 12.2. The second-order valence-corrected chi connectivity index (χ2v) is 7.92. The topological polar surface area (TPSA) is 9.23 Å². The molecule has 3 rings (SSSR count). The average Bonchev–Trinajstić information content (AvgIpc) is 2.61. The highest BCUT2D eigenvalue weighted by atomic mass is 79.9. The summed E-state index contributed by atoms with van der Waals surface area (Å²) in [6, 6.07) is 27.3. The van der Waals surface area contributed by atoms with Gasteiger partial charge in [-0.05, 0) is 53.8 Å². The zero-order valence-corrected chi connectivity index (χ0v) is 17.0. The largest absolute Gasteiger partial charge is 0.373 e. The van der Waals surface area contributed by atoms with Gasteiger partial charge in [0.05, 0.1) is 12.7 Å². The maximum Gasteiger partial charge on any atom is 0.0720 e. The molecule has 0 atom stereocenters. The summed E-state index contributed by atoms with van der Waals surface area (Å²) in [5.74, 6) is 0. The van der Waals surface area contributed by atoms with E-state index in [-0.39, 0.29) is 6.10 Å². The van der Waals surface area contributed by atoms with Gasteiger partial charge in [0.1, 0.15) is 0 Å². The molecule has 25 heavy (non-hydrogen) atoms. The first kappa shape index (κ1) is 18.4. The lowest BCUT2D eigenvalue weighted by Crippen LogP contribution is -2.19. The Morgan fingerprint density at radius 1 is 0.640 bits per heavy atom. The first-order valence-electron chi connectivity index (χ1n) is 8.33. The van der Waals surface area contributed by atoms with Gasteiger partial charge in [-0.25, -0.2) is 0 Å². The molecule has 0 aliphatic carbocycles. The van der Waals surface area contributed by atoms with E-state index in [1.54, 1.807) is 0 Å². The molecule has 0 N–H and O–H groups in total. The molecule has 0 unspecified atom stereocenters. The van der Waals surface area contributed by atoms with Gasteiger partial charge in [0.15, 0.2) is 0 Å². The van der Waals surface area contributed by atoms with Gasteiger partial charge in [-0.1, -0.05) is 86.5 Å². The van der Waals surface area contributed by atoms with Crippen LogP contribution in [-0.4, -0.2) is 6.10 Å². The van der Waals surface area contributed by atoms with Crippen molar-refractivity contribution in [3.8, 4) is 0 Å². The maximum absolute atomic E-state index is 6.29. The monoisotopic (exact) mass is 458 g/mol. The summed E-state index contributed by atoms with van der Waals surface area (Å²) in [6.07, 6.45) is 1.90. The lowest BCUT2D eigenvalue weighted by atomic mass is 10.0. The van der Waals surface area contributed by atoms with E-state index in [1.807, 2.05) is 6.07 Å². The van der Waals surface area contributed by atoms with E-state index < -0.39 is 0 Å². The summed E-state index contributed by atoms with van der Waals surface area (Å²) in [5, 5.41) is 0. The molecule has 0 heterocycles. The van der Waals surface area contributed by atoms with E-state index in [0.29, 0.717) is 6.61 Å². The van der Waals surface area contributed by atoms with Crippen molar-refractivity contribution in [1.82, 2.24) is 0 Å². The zero-order chi connectivity index (χ0) is 17.5. The lowest BCUT2D eigenvalue weighted by Gasteiger charge is -2.19. The van der Waals surface area contributed by atoms with E-state index in [2.05, 4.69) is 105 Å². The van der Waals surface area contributed by atoms with E-state index >= 15 is 0 Å². The Labute approximate surface area is 166 Å². The normalized spacial score (nSPS) is 11.0. The number of hydrogen-bond acceptors (Lipinski definition) is 1. The van der Waals surface area contributed by atoms with Gasteiger partial charge in [-0.3, -0.25) is 0 Å². The Morgan fingerprint density at radius 3 is 1.68 bits per heavy atom. The Hall–Kier alpha value is -1.42. The van der Waals surface area contributed by atoms with Gasteiger partial charge in [0.2, 0.25) is 0 Å². The minimum atomic E-state index is 0.129. The fourth-order valence-corrected chi connectivity index (χ4v) is 3.73. The van der Waals surface area contributed by atoms with E-state index in [0.717, 1.165) is 21.8 Å². The highest BCUT2D eigenvalue weighted by Crippen LogP contribution is 2.19. The highest BCUT2D eigenvalue weighted by Gasteiger charge is 2.12. The van der Waals surface area contributed by atoms with Gasteiger partial charge >= 0.3 is 0 Å². The van der Waals surface area contributed by atoms with Crippen LogP contribution in [0.15, 0.2) is 87.8 Å². The predicted octanol–water partition coefficient (Wildman–Crippen LogP) is 6.58. The molecule has 0 saturated heterocycles. The molecule has 0 aliphatic rings.